The number of rotatable bonds is 3. The largest absolute Gasteiger partial charge is 0.0946 e. The second-order valence-electron chi connectivity index (χ2n) is 7.47. The van der Waals surface area contributed by atoms with E-state index >= 15 is 0 Å². The molecule has 0 aromatic heterocycles. The Hall–Kier alpha value is -2.60. The predicted molar refractivity (Wildman–Crippen MR) is 112 cm³/mol. The van der Waals surface area contributed by atoms with Crippen molar-refractivity contribution in [3.05, 3.63) is 113 Å². The van der Waals surface area contributed by atoms with E-state index in [4.69, 9.17) is 0 Å². The SMILES string of the molecule is C=C(c1cc2ccc1CCc1ccc(cc1)CC2)[C@H](C)c1ccccc1. The zero-order valence-corrected chi connectivity index (χ0v) is 15.5. The van der Waals surface area contributed by atoms with Crippen molar-refractivity contribution < 1.29 is 0 Å². The average Bonchev–Trinajstić information content (AvgIpc) is 2.69. The minimum Gasteiger partial charge on any atom is -0.0946 e. The van der Waals surface area contributed by atoms with Gasteiger partial charge >= 0.3 is 0 Å². The van der Waals surface area contributed by atoms with Gasteiger partial charge in [0.15, 0.2) is 0 Å². The van der Waals surface area contributed by atoms with Crippen molar-refractivity contribution in [1.29, 1.82) is 0 Å². The number of allylic oxidation sites excluding steroid dienone is 1. The summed E-state index contributed by atoms with van der Waals surface area (Å²) in [6.07, 6.45) is 4.33. The van der Waals surface area contributed by atoms with Crippen LogP contribution in [0, 0.1) is 0 Å². The molecular formula is C26H26. The Bertz CT molecular complexity index is 901. The molecular weight excluding hydrogens is 312 g/mol. The maximum atomic E-state index is 4.51. The van der Waals surface area contributed by atoms with Crippen LogP contribution in [0.2, 0.25) is 0 Å². The second-order valence-corrected chi connectivity index (χ2v) is 7.47. The minimum atomic E-state index is 0.330. The van der Waals surface area contributed by atoms with Crippen LogP contribution in [0.25, 0.3) is 5.57 Å². The zero-order valence-electron chi connectivity index (χ0n) is 15.5. The van der Waals surface area contributed by atoms with E-state index in [1.165, 1.54) is 39.0 Å². The van der Waals surface area contributed by atoms with Crippen molar-refractivity contribution in [2.75, 3.05) is 0 Å². The lowest BCUT2D eigenvalue weighted by Crippen LogP contribution is -2.04. The third-order valence-electron chi connectivity index (χ3n) is 5.75. The highest BCUT2D eigenvalue weighted by atomic mass is 14.2. The Morgan fingerprint density at radius 2 is 1.31 bits per heavy atom. The smallest absolute Gasteiger partial charge is 0.00611 e. The molecule has 3 aromatic rings. The van der Waals surface area contributed by atoms with Crippen molar-refractivity contribution in [3.8, 4) is 0 Å². The van der Waals surface area contributed by atoms with Gasteiger partial charge in [0.1, 0.15) is 0 Å². The lowest BCUT2D eigenvalue weighted by atomic mass is 9.84. The number of aryl methyl sites for hydroxylation is 4. The third kappa shape index (κ3) is 3.51. The van der Waals surface area contributed by atoms with Gasteiger partial charge in [-0.2, -0.15) is 0 Å². The fraction of sp³-hybridized carbons (Fsp3) is 0.231. The third-order valence-corrected chi connectivity index (χ3v) is 5.75. The molecule has 3 aromatic carbocycles. The molecule has 1 atom stereocenters. The van der Waals surface area contributed by atoms with Crippen LogP contribution in [0.3, 0.4) is 0 Å². The van der Waals surface area contributed by atoms with E-state index in [9.17, 15) is 0 Å². The monoisotopic (exact) mass is 338 g/mol. The van der Waals surface area contributed by atoms with E-state index < -0.39 is 0 Å². The summed E-state index contributed by atoms with van der Waals surface area (Å²) in [6, 6.07) is 26.9. The van der Waals surface area contributed by atoms with Crippen LogP contribution >= 0.6 is 0 Å². The molecule has 0 N–H and O–H groups in total. The summed E-state index contributed by atoms with van der Waals surface area (Å²) in [5, 5.41) is 0. The highest BCUT2D eigenvalue weighted by Crippen LogP contribution is 2.33. The van der Waals surface area contributed by atoms with Crippen LogP contribution < -0.4 is 0 Å². The molecule has 0 aliphatic heterocycles. The van der Waals surface area contributed by atoms with E-state index in [2.05, 4.69) is 86.3 Å². The zero-order chi connectivity index (χ0) is 17.9. The second kappa shape index (κ2) is 7.33. The van der Waals surface area contributed by atoms with Gasteiger partial charge in [0.05, 0.1) is 0 Å². The van der Waals surface area contributed by atoms with Crippen molar-refractivity contribution >= 4 is 5.57 Å². The minimum absolute atomic E-state index is 0.330. The van der Waals surface area contributed by atoms with Gasteiger partial charge in [-0.3, -0.25) is 0 Å². The maximum absolute atomic E-state index is 4.51. The van der Waals surface area contributed by atoms with Crippen molar-refractivity contribution in [3.63, 3.8) is 0 Å². The normalized spacial score (nSPS) is 14.5. The van der Waals surface area contributed by atoms with E-state index in [1.54, 1.807) is 0 Å². The van der Waals surface area contributed by atoms with E-state index in [1.807, 2.05) is 0 Å². The molecule has 130 valence electrons. The van der Waals surface area contributed by atoms with Gasteiger partial charge in [0, 0.05) is 5.92 Å². The van der Waals surface area contributed by atoms with Gasteiger partial charge in [0.2, 0.25) is 0 Å². The Kier molecular flexibility index (Phi) is 4.75. The first-order valence-electron chi connectivity index (χ1n) is 9.64. The molecule has 4 aliphatic rings. The quantitative estimate of drug-likeness (QED) is 0.519. The van der Waals surface area contributed by atoms with Crippen LogP contribution in [-0.4, -0.2) is 0 Å². The number of benzene rings is 3. The summed E-state index contributed by atoms with van der Waals surface area (Å²) in [5.74, 6) is 0.330. The fourth-order valence-corrected chi connectivity index (χ4v) is 3.91. The Morgan fingerprint density at radius 1 is 0.731 bits per heavy atom. The molecule has 0 unspecified atom stereocenters. The Morgan fingerprint density at radius 3 is 2.00 bits per heavy atom. The Balaban J connectivity index is 1.69. The molecule has 0 fully saturated rings. The molecule has 0 nitrogen and oxygen atoms in total. The van der Waals surface area contributed by atoms with Crippen molar-refractivity contribution in [2.24, 2.45) is 0 Å². The lowest BCUT2D eigenvalue weighted by molar-refractivity contribution is 0.909. The molecule has 4 aliphatic carbocycles. The van der Waals surface area contributed by atoms with Crippen LogP contribution in [0.1, 0.15) is 46.2 Å². The van der Waals surface area contributed by atoms with E-state index in [0.717, 1.165) is 25.7 Å². The lowest BCUT2D eigenvalue weighted by Gasteiger charge is -2.20. The summed E-state index contributed by atoms with van der Waals surface area (Å²) in [4.78, 5) is 0. The van der Waals surface area contributed by atoms with Gasteiger partial charge in [-0.25, -0.2) is 0 Å². The van der Waals surface area contributed by atoms with Gasteiger partial charge < -0.3 is 0 Å². The highest BCUT2D eigenvalue weighted by Gasteiger charge is 2.16. The van der Waals surface area contributed by atoms with Crippen molar-refractivity contribution in [2.45, 2.75) is 38.5 Å². The van der Waals surface area contributed by atoms with E-state index in [-0.39, 0.29) is 0 Å². The first-order valence-corrected chi connectivity index (χ1v) is 9.64. The molecule has 26 heavy (non-hydrogen) atoms. The number of hydrogen-bond acceptors (Lipinski definition) is 0. The van der Waals surface area contributed by atoms with Gasteiger partial charge in [-0.15, -0.1) is 0 Å². The summed E-state index contributed by atoms with van der Waals surface area (Å²) in [7, 11) is 0. The molecule has 0 heteroatoms. The topological polar surface area (TPSA) is 0 Å². The summed E-state index contributed by atoms with van der Waals surface area (Å²) in [6.45, 7) is 6.79. The summed E-state index contributed by atoms with van der Waals surface area (Å²) in [5.41, 5.74) is 9.61. The van der Waals surface area contributed by atoms with Crippen LogP contribution in [0.15, 0.2) is 79.4 Å². The van der Waals surface area contributed by atoms with Gasteiger partial charge in [-0.1, -0.05) is 86.3 Å². The first kappa shape index (κ1) is 16.8. The van der Waals surface area contributed by atoms with Crippen LogP contribution in [0.5, 0.6) is 0 Å². The number of hydrogen-bond donors (Lipinski definition) is 0. The predicted octanol–water partition coefficient (Wildman–Crippen LogP) is 6.39. The molecule has 0 heterocycles. The molecule has 7 rings (SSSR count). The highest BCUT2D eigenvalue weighted by molar-refractivity contribution is 5.72. The van der Waals surface area contributed by atoms with Gasteiger partial charge in [-0.05, 0) is 64.6 Å². The maximum Gasteiger partial charge on any atom is 0.00611 e. The standard InChI is InChI=1S/C26H26/c1-19(24-6-4-3-5-7-24)20(2)26-18-23-13-12-21-8-10-22(11-9-21)14-16-25(26)17-15-23/h3-11,15,17-19H,2,12-14,16H2,1H3/t19-/m0/s1. The summed E-state index contributed by atoms with van der Waals surface area (Å²) < 4.78 is 0. The van der Waals surface area contributed by atoms with Gasteiger partial charge in [0.25, 0.3) is 0 Å². The van der Waals surface area contributed by atoms with E-state index in [0.29, 0.717) is 5.92 Å². The molecule has 0 spiro atoms. The average molecular weight is 338 g/mol. The first-order chi connectivity index (χ1) is 12.7. The Labute approximate surface area is 157 Å². The summed E-state index contributed by atoms with van der Waals surface area (Å²) >= 11 is 0. The fourth-order valence-electron chi connectivity index (χ4n) is 3.91. The van der Waals surface area contributed by atoms with Crippen LogP contribution in [0.4, 0.5) is 0 Å². The molecule has 0 saturated carbocycles. The molecule has 0 saturated heterocycles. The molecule has 0 amide bonds. The molecule has 0 radical (unpaired) electrons. The molecule has 4 bridgehead atoms. The van der Waals surface area contributed by atoms with Crippen LogP contribution in [-0.2, 0) is 25.7 Å². The van der Waals surface area contributed by atoms with Crippen molar-refractivity contribution in [1.82, 2.24) is 0 Å².